The Morgan fingerprint density at radius 3 is 2.70 bits per heavy atom. The first-order chi connectivity index (χ1) is 9.52. The van der Waals surface area contributed by atoms with Crippen LogP contribution >= 0.6 is 11.6 Å². The Morgan fingerprint density at radius 1 is 1.30 bits per heavy atom. The van der Waals surface area contributed by atoms with Gasteiger partial charge < -0.3 is 15.2 Å². The summed E-state index contributed by atoms with van der Waals surface area (Å²) < 4.78 is 4.97. The summed E-state index contributed by atoms with van der Waals surface area (Å²) in [6.45, 7) is 1.81. The lowest BCUT2D eigenvalue weighted by atomic mass is 10.1. The second kappa shape index (κ2) is 5.84. The van der Waals surface area contributed by atoms with E-state index in [1.165, 1.54) is 19.2 Å². The fraction of sp³-hybridized carbons (Fsp3) is 0.133. The Morgan fingerprint density at radius 2 is 2.05 bits per heavy atom. The highest BCUT2D eigenvalue weighted by atomic mass is 35.5. The minimum Gasteiger partial charge on any atom is -0.507 e. The summed E-state index contributed by atoms with van der Waals surface area (Å²) in [5.74, 6) is -0.0602. The van der Waals surface area contributed by atoms with Crippen molar-refractivity contribution in [3.05, 3.63) is 52.5 Å². The first-order valence-electron chi connectivity index (χ1n) is 5.96. The largest absolute Gasteiger partial charge is 0.507 e. The predicted molar refractivity (Wildman–Crippen MR) is 78.8 cm³/mol. The lowest BCUT2D eigenvalue weighted by Crippen LogP contribution is -2.13. The number of carbonyl (C=O) groups excluding carboxylic acids is 1. The minimum atomic E-state index is -0.407. The van der Waals surface area contributed by atoms with Crippen molar-refractivity contribution in [3.63, 3.8) is 0 Å². The first kappa shape index (κ1) is 14.2. The van der Waals surface area contributed by atoms with Gasteiger partial charge in [-0.2, -0.15) is 0 Å². The molecule has 20 heavy (non-hydrogen) atoms. The lowest BCUT2D eigenvalue weighted by Gasteiger charge is -2.11. The van der Waals surface area contributed by atoms with Crippen molar-refractivity contribution in [2.75, 3.05) is 12.4 Å². The van der Waals surface area contributed by atoms with Gasteiger partial charge >= 0.3 is 0 Å². The van der Waals surface area contributed by atoms with Crippen molar-refractivity contribution in [1.82, 2.24) is 0 Å². The van der Waals surface area contributed by atoms with Crippen molar-refractivity contribution in [3.8, 4) is 11.5 Å². The molecular weight excluding hydrogens is 278 g/mol. The number of phenolic OH excluding ortho intramolecular Hbond substituents is 1. The zero-order valence-electron chi connectivity index (χ0n) is 11.1. The molecule has 1 amide bonds. The van der Waals surface area contributed by atoms with Crippen LogP contribution in [-0.2, 0) is 0 Å². The summed E-state index contributed by atoms with van der Waals surface area (Å²) in [7, 11) is 1.49. The number of amides is 1. The van der Waals surface area contributed by atoms with Crippen LogP contribution in [0.2, 0.25) is 5.02 Å². The predicted octanol–water partition coefficient (Wildman–Crippen LogP) is 3.61. The van der Waals surface area contributed by atoms with E-state index in [1.807, 2.05) is 6.92 Å². The molecule has 4 nitrogen and oxygen atoms in total. The molecule has 2 aromatic rings. The molecule has 0 radical (unpaired) electrons. The highest BCUT2D eigenvalue weighted by molar-refractivity contribution is 6.31. The van der Waals surface area contributed by atoms with E-state index in [2.05, 4.69) is 5.32 Å². The molecule has 0 unspecified atom stereocenters. The van der Waals surface area contributed by atoms with Gasteiger partial charge in [-0.05, 0) is 36.8 Å². The summed E-state index contributed by atoms with van der Waals surface area (Å²) in [5.41, 5.74) is 1.55. The van der Waals surface area contributed by atoms with Crippen molar-refractivity contribution >= 4 is 23.2 Å². The SMILES string of the molecule is COc1ccc(C(=O)Nc2cccc(Cl)c2C)c(O)c1. The molecule has 0 atom stereocenters. The van der Waals surface area contributed by atoms with Crippen LogP contribution in [0.4, 0.5) is 5.69 Å². The summed E-state index contributed by atoms with van der Waals surface area (Å²) in [4.78, 5) is 12.1. The molecule has 2 aromatic carbocycles. The molecule has 0 aliphatic rings. The maximum absolute atomic E-state index is 12.1. The third-order valence-electron chi connectivity index (χ3n) is 2.97. The van der Waals surface area contributed by atoms with Crippen LogP contribution in [0.1, 0.15) is 15.9 Å². The normalized spacial score (nSPS) is 10.2. The van der Waals surface area contributed by atoms with Crippen LogP contribution in [0.15, 0.2) is 36.4 Å². The molecule has 0 saturated heterocycles. The zero-order valence-corrected chi connectivity index (χ0v) is 11.9. The van der Waals surface area contributed by atoms with E-state index in [4.69, 9.17) is 16.3 Å². The molecule has 0 fully saturated rings. The number of nitrogens with one attached hydrogen (secondary N) is 1. The molecule has 0 spiro atoms. The maximum atomic E-state index is 12.1. The van der Waals surface area contributed by atoms with Crippen LogP contribution in [-0.4, -0.2) is 18.1 Å². The second-order valence-corrected chi connectivity index (χ2v) is 4.66. The van der Waals surface area contributed by atoms with E-state index in [1.54, 1.807) is 24.3 Å². The number of methoxy groups -OCH3 is 1. The molecule has 0 saturated carbocycles. The number of benzene rings is 2. The quantitative estimate of drug-likeness (QED) is 0.908. The Balaban J connectivity index is 2.26. The number of rotatable bonds is 3. The Hall–Kier alpha value is -2.20. The topological polar surface area (TPSA) is 58.6 Å². The lowest BCUT2D eigenvalue weighted by molar-refractivity contribution is 0.102. The maximum Gasteiger partial charge on any atom is 0.259 e. The van der Waals surface area contributed by atoms with Crippen LogP contribution in [0.5, 0.6) is 11.5 Å². The number of hydrogen-bond donors (Lipinski definition) is 2. The van der Waals surface area contributed by atoms with Crippen LogP contribution in [0.3, 0.4) is 0 Å². The Kier molecular flexibility index (Phi) is 4.15. The van der Waals surface area contributed by atoms with E-state index >= 15 is 0 Å². The van der Waals surface area contributed by atoms with Gasteiger partial charge in [0.1, 0.15) is 11.5 Å². The van der Waals surface area contributed by atoms with Gasteiger partial charge in [-0.1, -0.05) is 17.7 Å². The number of phenols is 1. The average molecular weight is 292 g/mol. The Bertz CT molecular complexity index is 656. The Labute approximate surface area is 122 Å². The van der Waals surface area contributed by atoms with Crippen LogP contribution in [0, 0.1) is 6.92 Å². The molecular formula is C15H14ClNO3. The number of carbonyl (C=O) groups is 1. The van der Waals surface area contributed by atoms with Crippen molar-refractivity contribution < 1.29 is 14.6 Å². The highest BCUT2D eigenvalue weighted by Crippen LogP contribution is 2.26. The summed E-state index contributed by atoms with van der Waals surface area (Å²) >= 11 is 6.00. The van der Waals surface area contributed by atoms with Gasteiger partial charge in [-0.3, -0.25) is 4.79 Å². The fourth-order valence-electron chi connectivity index (χ4n) is 1.76. The van der Waals surface area contributed by atoms with E-state index < -0.39 is 5.91 Å². The average Bonchev–Trinajstić information content (AvgIpc) is 2.43. The molecule has 0 aliphatic carbocycles. The van der Waals surface area contributed by atoms with Gasteiger partial charge in [0.2, 0.25) is 0 Å². The minimum absolute atomic E-state index is 0.137. The molecule has 0 aliphatic heterocycles. The zero-order chi connectivity index (χ0) is 14.7. The summed E-state index contributed by atoms with van der Waals surface area (Å²) in [6, 6.07) is 9.75. The van der Waals surface area contributed by atoms with Gasteiger partial charge in [-0.15, -0.1) is 0 Å². The smallest absolute Gasteiger partial charge is 0.259 e. The van der Waals surface area contributed by atoms with Crippen molar-refractivity contribution in [2.45, 2.75) is 6.92 Å². The number of halogens is 1. The number of anilines is 1. The molecule has 2 rings (SSSR count). The van der Waals surface area contributed by atoms with E-state index in [-0.39, 0.29) is 11.3 Å². The fourth-order valence-corrected chi connectivity index (χ4v) is 1.94. The van der Waals surface area contributed by atoms with E-state index in [0.717, 1.165) is 5.56 Å². The van der Waals surface area contributed by atoms with Gasteiger partial charge in [0.25, 0.3) is 5.91 Å². The highest BCUT2D eigenvalue weighted by Gasteiger charge is 2.13. The van der Waals surface area contributed by atoms with Gasteiger partial charge in [0.15, 0.2) is 0 Å². The van der Waals surface area contributed by atoms with Crippen molar-refractivity contribution in [1.29, 1.82) is 0 Å². The monoisotopic (exact) mass is 291 g/mol. The van der Waals surface area contributed by atoms with Gasteiger partial charge in [-0.25, -0.2) is 0 Å². The van der Waals surface area contributed by atoms with Crippen molar-refractivity contribution in [2.24, 2.45) is 0 Å². The molecule has 0 aromatic heterocycles. The van der Waals surface area contributed by atoms with Gasteiger partial charge in [0, 0.05) is 16.8 Å². The summed E-state index contributed by atoms with van der Waals surface area (Å²) in [6.07, 6.45) is 0. The van der Waals surface area contributed by atoms with Crippen LogP contribution < -0.4 is 10.1 Å². The van der Waals surface area contributed by atoms with Crippen LogP contribution in [0.25, 0.3) is 0 Å². The molecule has 0 heterocycles. The number of ether oxygens (including phenoxy) is 1. The second-order valence-electron chi connectivity index (χ2n) is 4.25. The number of aromatic hydroxyl groups is 1. The standard InChI is InChI=1S/C15H14ClNO3/c1-9-12(16)4-3-5-13(9)17-15(19)11-7-6-10(20-2)8-14(11)18/h3-8,18H,1-2H3,(H,17,19). The molecule has 104 valence electrons. The molecule has 2 N–H and O–H groups in total. The first-order valence-corrected chi connectivity index (χ1v) is 6.34. The summed E-state index contributed by atoms with van der Waals surface area (Å²) in [5, 5.41) is 13.1. The molecule has 5 heteroatoms. The number of hydrogen-bond acceptors (Lipinski definition) is 3. The molecule has 0 bridgehead atoms. The van der Waals surface area contributed by atoms with E-state index in [9.17, 15) is 9.90 Å². The van der Waals surface area contributed by atoms with E-state index in [0.29, 0.717) is 16.5 Å². The van der Waals surface area contributed by atoms with Gasteiger partial charge in [0.05, 0.1) is 12.7 Å². The third-order valence-corrected chi connectivity index (χ3v) is 3.37. The third kappa shape index (κ3) is 2.86.